The highest BCUT2D eigenvalue weighted by Gasteiger charge is 2.07. The molecule has 3 rings (SSSR count). The summed E-state index contributed by atoms with van der Waals surface area (Å²) in [6.45, 7) is 1.03. The van der Waals surface area contributed by atoms with E-state index < -0.39 is 0 Å². The maximum atomic E-state index is 6.15. The van der Waals surface area contributed by atoms with Crippen LogP contribution in [0.3, 0.4) is 0 Å². The summed E-state index contributed by atoms with van der Waals surface area (Å²) in [6.07, 6.45) is 0. The van der Waals surface area contributed by atoms with Crippen LogP contribution in [0.25, 0.3) is 0 Å². The predicted molar refractivity (Wildman–Crippen MR) is 114 cm³/mol. The molecule has 1 N–H and O–H groups in total. The lowest BCUT2D eigenvalue weighted by molar-refractivity contribution is 0.303. The van der Waals surface area contributed by atoms with E-state index in [1.54, 1.807) is 12.1 Å². The number of benzene rings is 3. The molecular formula is C20H15BrCl3NO. The summed E-state index contributed by atoms with van der Waals surface area (Å²) in [5.74, 6) is 0.782. The summed E-state index contributed by atoms with van der Waals surface area (Å²) in [5.41, 5.74) is 2.92. The summed E-state index contributed by atoms with van der Waals surface area (Å²) < 4.78 is 7.03. The van der Waals surface area contributed by atoms with Crippen LogP contribution < -0.4 is 10.1 Å². The fraction of sp³-hybridized carbons (Fsp3) is 0.100. The number of hydrogen-bond donors (Lipinski definition) is 1. The van der Waals surface area contributed by atoms with Gasteiger partial charge in [0.2, 0.25) is 0 Å². The van der Waals surface area contributed by atoms with Gasteiger partial charge in [-0.05, 0) is 54.1 Å². The largest absolute Gasteiger partial charge is 0.489 e. The van der Waals surface area contributed by atoms with Crippen molar-refractivity contribution in [3.05, 3.63) is 91.3 Å². The minimum Gasteiger partial charge on any atom is -0.489 e. The number of hydrogen-bond acceptors (Lipinski definition) is 2. The number of halogens is 4. The molecule has 0 aliphatic heterocycles. The lowest BCUT2D eigenvalue weighted by Crippen LogP contribution is -2.04. The Balaban J connectivity index is 1.70. The Kier molecular flexibility index (Phi) is 6.71. The number of nitrogens with one attached hydrogen (secondary N) is 1. The van der Waals surface area contributed by atoms with Crippen LogP contribution in [-0.2, 0) is 13.2 Å². The minimum absolute atomic E-state index is 0.481. The Labute approximate surface area is 176 Å². The molecule has 0 bridgehead atoms. The van der Waals surface area contributed by atoms with E-state index in [2.05, 4.69) is 21.2 Å². The van der Waals surface area contributed by atoms with E-state index in [1.165, 1.54) is 0 Å². The van der Waals surface area contributed by atoms with Crippen LogP contribution in [0.1, 0.15) is 11.1 Å². The first-order valence-corrected chi connectivity index (χ1v) is 9.78. The molecule has 0 unspecified atom stereocenters. The molecule has 3 aromatic carbocycles. The standard InChI is InChI=1S/C20H15BrCl3NO/c21-15-3-1-13(2-4-15)12-26-20-8-5-16(22)9-14(20)11-25-17-6-7-18(23)19(24)10-17/h1-10,25H,11-12H2. The van der Waals surface area contributed by atoms with Gasteiger partial charge in [-0.2, -0.15) is 0 Å². The topological polar surface area (TPSA) is 21.3 Å². The van der Waals surface area contributed by atoms with E-state index in [9.17, 15) is 0 Å². The second kappa shape index (κ2) is 9.01. The first kappa shape index (κ1) is 19.4. The summed E-state index contributed by atoms with van der Waals surface area (Å²) in [6, 6.07) is 19.0. The highest BCUT2D eigenvalue weighted by molar-refractivity contribution is 9.10. The van der Waals surface area contributed by atoms with Crippen LogP contribution in [-0.4, -0.2) is 0 Å². The van der Waals surface area contributed by atoms with E-state index in [-0.39, 0.29) is 0 Å². The van der Waals surface area contributed by atoms with Crippen molar-refractivity contribution < 1.29 is 4.74 Å². The van der Waals surface area contributed by atoms with Crippen LogP contribution in [0.4, 0.5) is 5.69 Å². The molecule has 3 aromatic rings. The Morgan fingerprint density at radius 1 is 0.846 bits per heavy atom. The number of rotatable bonds is 6. The predicted octanol–water partition coefficient (Wildman–Crippen LogP) is 7.60. The van der Waals surface area contributed by atoms with Crippen molar-refractivity contribution in [3.8, 4) is 5.75 Å². The monoisotopic (exact) mass is 469 g/mol. The Bertz CT molecular complexity index is 900. The van der Waals surface area contributed by atoms with Gasteiger partial charge in [0, 0.05) is 27.3 Å². The molecule has 0 radical (unpaired) electrons. The molecule has 6 heteroatoms. The zero-order valence-electron chi connectivity index (χ0n) is 13.6. The van der Waals surface area contributed by atoms with E-state index >= 15 is 0 Å². The second-order valence-electron chi connectivity index (χ2n) is 5.65. The van der Waals surface area contributed by atoms with Gasteiger partial charge in [0.05, 0.1) is 10.0 Å². The molecule has 2 nitrogen and oxygen atoms in total. The summed E-state index contributed by atoms with van der Waals surface area (Å²) in [4.78, 5) is 0. The van der Waals surface area contributed by atoms with Crippen LogP contribution in [0.15, 0.2) is 65.1 Å². The van der Waals surface area contributed by atoms with Gasteiger partial charge in [-0.25, -0.2) is 0 Å². The van der Waals surface area contributed by atoms with Gasteiger partial charge in [0.15, 0.2) is 0 Å². The molecule has 0 saturated carbocycles. The third-order valence-corrected chi connectivity index (χ3v) is 5.24. The molecule has 0 aliphatic carbocycles. The van der Waals surface area contributed by atoms with Gasteiger partial charge in [0.1, 0.15) is 12.4 Å². The lowest BCUT2D eigenvalue weighted by atomic mass is 10.2. The number of ether oxygens (including phenoxy) is 1. The normalized spacial score (nSPS) is 10.6. The maximum absolute atomic E-state index is 6.15. The van der Waals surface area contributed by atoms with Crippen LogP contribution >= 0.6 is 50.7 Å². The Hall–Kier alpha value is -1.39. The van der Waals surface area contributed by atoms with Crippen LogP contribution in [0.2, 0.25) is 15.1 Å². The fourth-order valence-corrected chi connectivity index (χ4v) is 3.13. The van der Waals surface area contributed by atoms with E-state index in [0.717, 1.165) is 27.0 Å². The SMILES string of the molecule is Clc1ccc(OCc2ccc(Br)cc2)c(CNc2ccc(Cl)c(Cl)c2)c1. The summed E-state index contributed by atoms with van der Waals surface area (Å²) >= 11 is 21.6. The molecular weight excluding hydrogens is 456 g/mol. The van der Waals surface area contributed by atoms with Crippen molar-refractivity contribution in [1.29, 1.82) is 0 Å². The van der Waals surface area contributed by atoms with Crippen LogP contribution in [0, 0.1) is 0 Å². The van der Waals surface area contributed by atoms with Crippen molar-refractivity contribution in [2.75, 3.05) is 5.32 Å². The summed E-state index contributed by atoms with van der Waals surface area (Å²) in [7, 11) is 0. The second-order valence-corrected chi connectivity index (χ2v) is 7.82. The van der Waals surface area contributed by atoms with Gasteiger partial charge in [-0.1, -0.05) is 62.9 Å². The van der Waals surface area contributed by atoms with Crippen molar-refractivity contribution in [2.24, 2.45) is 0 Å². The van der Waals surface area contributed by atoms with Gasteiger partial charge in [0.25, 0.3) is 0 Å². The third kappa shape index (κ3) is 5.31. The molecule has 0 amide bonds. The Morgan fingerprint density at radius 2 is 1.62 bits per heavy atom. The van der Waals surface area contributed by atoms with Crippen molar-refractivity contribution in [2.45, 2.75) is 13.2 Å². The first-order chi connectivity index (χ1) is 12.5. The van der Waals surface area contributed by atoms with Gasteiger partial charge >= 0.3 is 0 Å². The minimum atomic E-state index is 0.481. The Morgan fingerprint density at radius 3 is 2.35 bits per heavy atom. The third-order valence-electron chi connectivity index (χ3n) is 3.73. The van der Waals surface area contributed by atoms with Gasteiger partial charge < -0.3 is 10.1 Å². The van der Waals surface area contributed by atoms with Gasteiger partial charge in [-0.3, -0.25) is 0 Å². The quantitative estimate of drug-likeness (QED) is 0.400. The van der Waals surface area contributed by atoms with Crippen LogP contribution in [0.5, 0.6) is 5.75 Å². The highest BCUT2D eigenvalue weighted by Crippen LogP contribution is 2.28. The fourth-order valence-electron chi connectivity index (χ4n) is 2.37. The molecule has 0 saturated heterocycles. The summed E-state index contributed by atoms with van der Waals surface area (Å²) in [5, 5.41) is 5.01. The van der Waals surface area contributed by atoms with E-state index in [4.69, 9.17) is 39.5 Å². The molecule has 0 spiro atoms. The smallest absolute Gasteiger partial charge is 0.124 e. The molecule has 0 heterocycles. The molecule has 134 valence electrons. The zero-order valence-corrected chi connectivity index (χ0v) is 17.5. The van der Waals surface area contributed by atoms with Crippen molar-refractivity contribution in [3.63, 3.8) is 0 Å². The molecule has 26 heavy (non-hydrogen) atoms. The van der Waals surface area contributed by atoms with Gasteiger partial charge in [-0.15, -0.1) is 0 Å². The first-order valence-electron chi connectivity index (χ1n) is 7.86. The molecule has 0 aliphatic rings. The zero-order chi connectivity index (χ0) is 18.5. The molecule has 0 fully saturated rings. The van der Waals surface area contributed by atoms with E-state index in [0.29, 0.717) is 28.2 Å². The lowest BCUT2D eigenvalue weighted by Gasteiger charge is -2.14. The van der Waals surface area contributed by atoms with Crippen molar-refractivity contribution >= 4 is 56.4 Å². The highest BCUT2D eigenvalue weighted by atomic mass is 79.9. The maximum Gasteiger partial charge on any atom is 0.124 e. The average molecular weight is 472 g/mol. The van der Waals surface area contributed by atoms with Crippen molar-refractivity contribution in [1.82, 2.24) is 0 Å². The molecule has 0 atom stereocenters. The molecule has 0 aromatic heterocycles. The number of anilines is 1. The average Bonchev–Trinajstić information content (AvgIpc) is 2.63. The van der Waals surface area contributed by atoms with E-state index in [1.807, 2.05) is 48.5 Å².